The molecule has 1 fully saturated rings. The van der Waals surface area contributed by atoms with E-state index in [-0.39, 0.29) is 11.3 Å². The van der Waals surface area contributed by atoms with E-state index in [1.54, 1.807) is 0 Å². The highest BCUT2D eigenvalue weighted by Gasteiger charge is 2.39. The van der Waals surface area contributed by atoms with Crippen LogP contribution in [0.3, 0.4) is 0 Å². The van der Waals surface area contributed by atoms with Gasteiger partial charge in [0.25, 0.3) is 0 Å². The highest BCUT2D eigenvalue weighted by atomic mass is 35.5. The van der Waals surface area contributed by atoms with Gasteiger partial charge >= 0.3 is 5.97 Å². The predicted octanol–water partition coefficient (Wildman–Crippen LogP) is 2.48. The van der Waals surface area contributed by atoms with Gasteiger partial charge < -0.3 is 5.11 Å². The van der Waals surface area contributed by atoms with Crippen LogP contribution in [0.4, 0.5) is 0 Å². The fourth-order valence-electron chi connectivity index (χ4n) is 1.45. The quantitative estimate of drug-likeness (QED) is 0.676. The van der Waals surface area contributed by atoms with Crippen LogP contribution in [0.1, 0.15) is 26.2 Å². The van der Waals surface area contributed by atoms with Gasteiger partial charge in [-0.25, -0.2) is 0 Å². The van der Waals surface area contributed by atoms with E-state index < -0.39 is 10.8 Å². The first-order valence-electron chi connectivity index (χ1n) is 3.99. The Hall–Kier alpha value is 0.0500. The van der Waals surface area contributed by atoms with E-state index in [1.807, 2.05) is 6.92 Å². The molecule has 1 rings (SSSR count). The standard InChI is InChI=1S/C8H12Cl2O2/c1-8(10)3-2-5(7(11)12)4-6(8)9/h5-6H,2-4H2,1H3,(H,11,12). The second kappa shape index (κ2) is 3.43. The molecule has 0 radical (unpaired) electrons. The van der Waals surface area contributed by atoms with Crippen LogP contribution in [0, 0.1) is 5.92 Å². The Kier molecular flexibility index (Phi) is 2.89. The maximum atomic E-state index is 10.6. The number of carboxylic acids is 1. The second-order valence-corrected chi connectivity index (χ2v) is 4.95. The Morgan fingerprint density at radius 1 is 1.67 bits per heavy atom. The largest absolute Gasteiger partial charge is 0.481 e. The van der Waals surface area contributed by atoms with Crippen molar-refractivity contribution in [3.63, 3.8) is 0 Å². The molecule has 70 valence electrons. The lowest BCUT2D eigenvalue weighted by Crippen LogP contribution is -2.38. The Morgan fingerprint density at radius 2 is 2.25 bits per heavy atom. The summed E-state index contributed by atoms with van der Waals surface area (Å²) in [6.45, 7) is 1.87. The smallest absolute Gasteiger partial charge is 0.306 e. The van der Waals surface area contributed by atoms with Crippen LogP contribution >= 0.6 is 23.2 Å². The van der Waals surface area contributed by atoms with Crippen molar-refractivity contribution in [3.8, 4) is 0 Å². The summed E-state index contributed by atoms with van der Waals surface area (Å²) in [5.74, 6) is -1.06. The van der Waals surface area contributed by atoms with Crippen LogP contribution in [0.5, 0.6) is 0 Å². The van der Waals surface area contributed by atoms with Crippen LogP contribution in [-0.2, 0) is 4.79 Å². The van der Waals surface area contributed by atoms with E-state index >= 15 is 0 Å². The lowest BCUT2D eigenvalue weighted by Gasteiger charge is -2.35. The van der Waals surface area contributed by atoms with Crippen molar-refractivity contribution < 1.29 is 9.90 Å². The average molecular weight is 211 g/mol. The summed E-state index contributed by atoms with van der Waals surface area (Å²) in [6, 6.07) is 0. The van der Waals surface area contributed by atoms with Gasteiger partial charge in [-0.05, 0) is 26.2 Å². The van der Waals surface area contributed by atoms with Crippen molar-refractivity contribution in [2.75, 3.05) is 0 Å². The molecule has 0 heterocycles. The van der Waals surface area contributed by atoms with E-state index in [0.717, 1.165) is 0 Å². The van der Waals surface area contributed by atoms with Gasteiger partial charge in [0.1, 0.15) is 0 Å². The zero-order chi connectivity index (χ0) is 9.35. The topological polar surface area (TPSA) is 37.3 Å². The molecule has 0 bridgehead atoms. The number of carboxylic acid groups (broad SMARTS) is 1. The molecule has 0 amide bonds. The molecule has 0 aromatic heterocycles. The molecule has 1 saturated carbocycles. The first-order valence-corrected chi connectivity index (χ1v) is 4.80. The fourth-order valence-corrected chi connectivity index (χ4v) is 1.97. The SMILES string of the molecule is CC1(Cl)CCC(C(=O)O)CC1Cl. The minimum atomic E-state index is -0.757. The fraction of sp³-hybridized carbons (Fsp3) is 0.875. The Morgan fingerprint density at radius 3 is 2.67 bits per heavy atom. The number of aliphatic carboxylic acids is 1. The van der Waals surface area contributed by atoms with Gasteiger partial charge in [-0.3, -0.25) is 4.79 Å². The van der Waals surface area contributed by atoms with E-state index in [2.05, 4.69) is 0 Å². The molecular weight excluding hydrogens is 199 g/mol. The van der Waals surface area contributed by atoms with Crippen molar-refractivity contribution in [2.45, 2.75) is 36.4 Å². The molecule has 1 aliphatic carbocycles. The maximum absolute atomic E-state index is 10.6. The zero-order valence-corrected chi connectivity index (χ0v) is 8.40. The first-order chi connectivity index (χ1) is 5.43. The minimum absolute atomic E-state index is 0.228. The molecule has 0 spiro atoms. The Balaban J connectivity index is 2.58. The van der Waals surface area contributed by atoms with E-state index in [0.29, 0.717) is 19.3 Å². The summed E-state index contributed by atoms with van der Waals surface area (Å²) in [7, 11) is 0. The predicted molar refractivity (Wildman–Crippen MR) is 48.9 cm³/mol. The van der Waals surface area contributed by atoms with Crippen molar-refractivity contribution in [2.24, 2.45) is 5.92 Å². The summed E-state index contributed by atoms with van der Waals surface area (Å²) >= 11 is 12.0. The van der Waals surface area contributed by atoms with Gasteiger partial charge in [0.2, 0.25) is 0 Å². The maximum Gasteiger partial charge on any atom is 0.306 e. The summed E-state index contributed by atoms with van der Waals surface area (Å²) < 4.78 is 0. The third kappa shape index (κ3) is 2.05. The normalized spacial score (nSPS) is 42.6. The van der Waals surface area contributed by atoms with Gasteiger partial charge in [0, 0.05) is 0 Å². The summed E-state index contributed by atoms with van der Waals surface area (Å²) in [5, 5.41) is 8.50. The first kappa shape index (κ1) is 10.1. The monoisotopic (exact) mass is 210 g/mol. The summed E-state index contributed by atoms with van der Waals surface area (Å²) in [5.41, 5.74) is 0. The van der Waals surface area contributed by atoms with Crippen LogP contribution in [0.2, 0.25) is 0 Å². The molecule has 12 heavy (non-hydrogen) atoms. The number of alkyl halides is 2. The van der Waals surface area contributed by atoms with Gasteiger partial charge in [-0.15, -0.1) is 23.2 Å². The third-order valence-electron chi connectivity index (χ3n) is 2.48. The van der Waals surface area contributed by atoms with Crippen LogP contribution < -0.4 is 0 Å². The Bertz CT molecular complexity index is 191. The number of hydrogen-bond donors (Lipinski definition) is 1. The number of halogens is 2. The van der Waals surface area contributed by atoms with Gasteiger partial charge in [0.05, 0.1) is 16.2 Å². The molecule has 0 aliphatic heterocycles. The molecule has 0 saturated heterocycles. The lowest BCUT2D eigenvalue weighted by molar-refractivity contribution is -0.142. The van der Waals surface area contributed by atoms with Gasteiger partial charge in [-0.2, -0.15) is 0 Å². The highest BCUT2D eigenvalue weighted by molar-refractivity contribution is 6.32. The van der Waals surface area contributed by atoms with E-state index in [4.69, 9.17) is 28.3 Å². The molecule has 1 N–H and O–H groups in total. The third-order valence-corrected chi connectivity index (χ3v) is 3.70. The zero-order valence-electron chi connectivity index (χ0n) is 6.89. The molecule has 3 atom stereocenters. The summed E-state index contributed by atoms with van der Waals surface area (Å²) in [4.78, 5) is 10.2. The molecule has 3 unspecified atom stereocenters. The van der Waals surface area contributed by atoms with Crippen LogP contribution in [-0.4, -0.2) is 21.3 Å². The molecular formula is C8H12Cl2O2. The number of carbonyl (C=O) groups is 1. The molecule has 0 aromatic carbocycles. The highest BCUT2D eigenvalue weighted by Crippen LogP contribution is 2.40. The molecule has 0 aromatic rings. The summed E-state index contributed by atoms with van der Waals surface area (Å²) in [6.07, 6.45) is 1.80. The Labute approximate surface area is 81.9 Å². The minimum Gasteiger partial charge on any atom is -0.481 e. The van der Waals surface area contributed by atoms with E-state index in [1.165, 1.54) is 0 Å². The lowest BCUT2D eigenvalue weighted by atomic mass is 9.82. The second-order valence-electron chi connectivity index (χ2n) is 3.56. The van der Waals surface area contributed by atoms with Crippen LogP contribution in [0.25, 0.3) is 0 Å². The number of rotatable bonds is 1. The molecule has 4 heteroatoms. The molecule has 1 aliphatic rings. The van der Waals surface area contributed by atoms with Gasteiger partial charge in [-0.1, -0.05) is 0 Å². The van der Waals surface area contributed by atoms with Crippen molar-refractivity contribution >= 4 is 29.2 Å². The average Bonchev–Trinajstić information content (AvgIpc) is 1.94. The molecule has 2 nitrogen and oxygen atoms in total. The van der Waals surface area contributed by atoms with Crippen molar-refractivity contribution in [1.29, 1.82) is 0 Å². The van der Waals surface area contributed by atoms with Crippen molar-refractivity contribution in [1.82, 2.24) is 0 Å². The van der Waals surface area contributed by atoms with Crippen molar-refractivity contribution in [3.05, 3.63) is 0 Å². The van der Waals surface area contributed by atoms with E-state index in [9.17, 15) is 4.79 Å². The van der Waals surface area contributed by atoms with Gasteiger partial charge in [0.15, 0.2) is 0 Å². The number of hydrogen-bond acceptors (Lipinski definition) is 1. The van der Waals surface area contributed by atoms with Crippen LogP contribution in [0.15, 0.2) is 0 Å².